The highest BCUT2D eigenvalue weighted by atomic mass is 127. The number of benzene rings is 1. The molecule has 0 amide bonds. The molecule has 1 saturated heterocycles. The molecule has 0 aliphatic carbocycles. The van der Waals surface area contributed by atoms with E-state index in [1.165, 1.54) is 19.4 Å². The first-order valence-electron chi connectivity index (χ1n) is 8.25. The standard InChI is InChI=1S/C17H27BrN4O.HI/c1-3-22-11-5-7-14(22)12-21-17(19)20-10-9-13-6-4-8-15(18)16(13)23-2;/h4,6,8,14H,3,5,7,9-12H2,1-2H3,(H3,19,20,21);1H. The van der Waals surface area contributed by atoms with Gasteiger partial charge in [0.15, 0.2) is 5.96 Å². The van der Waals surface area contributed by atoms with Crippen molar-refractivity contribution in [2.75, 3.05) is 33.3 Å². The molecule has 0 saturated carbocycles. The van der Waals surface area contributed by atoms with E-state index >= 15 is 0 Å². The van der Waals surface area contributed by atoms with Gasteiger partial charge in [0.25, 0.3) is 0 Å². The Morgan fingerprint density at radius 1 is 1.50 bits per heavy atom. The second-order valence-corrected chi connectivity index (χ2v) is 6.61. The SMILES string of the molecule is CCN1CCCC1CN=C(N)NCCc1cccc(Br)c1OC.I. The van der Waals surface area contributed by atoms with Crippen LogP contribution in [0.2, 0.25) is 0 Å². The van der Waals surface area contributed by atoms with Gasteiger partial charge in [-0.05, 0) is 59.9 Å². The van der Waals surface area contributed by atoms with E-state index < -0.39 is 0 Å². The van der Waals surface area contributed by atoms with Crippen LogP contribution in [0.1, 0.15) is 25.3 Å². The maximum absolute atomic E-state index is 5.98. The molecule has 1 aromatic rings. The molecule has 1 fully saturated rings. The first-order valence-corrected chi connectivity index (χ1v) is 9.04. The van der Waals surface area contributed by atoms with Gasteiger partial charge in [-0.25, -0.2) is 0 Å². The van der Waals surface area contributed by atoms with Crippen molar-refractivity contribution in [3.05, 3.63) is 28.2 Å². The van der Waals surface area contributed by atoms with Crippen LogP contribution < -0.4 is 15.8 Å². The Bertz CT molecular complexity index is 541. The summed E-state index contributed by atoms with van der Waals surface area (Å²) in [7, 11) is 1.69. The fourth-order valence-electron chi connectivity index (χ4n) is 3.08. The van der Waals surface area contributed by atoms with Gasteiger partial charge in [0.2, 0.25) is 0 Å². The number of likely N-dealkylation sites (N-methyl/N-ethyl adjacent to an activating group) is 1. The Morgan fingerprint density at radius 3 is 3.00 bits per heavy atom. The Labute approximate surface area is 170 Å². The van der Waals surface area contributed by atoms with Gasteiger partial charge in [-0.2, -0.15) is 0 Å². The maximum Gasteiger partial charge on any atom is 0.188 e. The largest absolute Gasteiger partial charge is 0.495 e. The highest BCUT2D eigenvalue weighted by Gasteiger charge is 2.22. The summed E-state index contributed by atoms with van der Waals surface area (Å²) >= 11 is 3.50. The van der Waals surface area contributed by atoms with E-state index in [0.29, 0.717) is 12.0 Å². The van der Waals surface area contributed by atoms with Gasteiger partial charge >= 0.3 is 0 Å². The quantitative estimate of drug-likeness (QED) is 0.336. The van der Waals surface area contributed by atoms with Gasteiger partial charge in [0.05, 0.1) is 18.1 Å². The van der Waals surface area contributed by atoms with Gasteiger partial charge in [-0.1, -0.05) is 19.1 Å². The number of methoxy groups -OCH3 is 1. The van der Waals surface area contributed by atoms with Crippen LogP contribution in [0.25, 0.3) is 0 Å². The number of nitrogens with two attached hydrogens (primary N) is 1. The molecule has 1 aliphatic rings. The molecule has 0 bridgehead atoms. The molecular formula is C17H28BrIN4O. The van der Waals surface area contributed by atoms with Crippen LogP contribution in [-0.4, -0.2) is 50.2 Å². The Hall–Kier alpha value is -0.540. The van der Waals surface area contributed by atoms with E-state index in [-0.39, 0.29) is 24.0 Å². The number of guanidine groups is 1. The van der Waals surface area contributed by atoms with Gasteiger partial charge in [-0.3, -0.25) is 9.89 Å². The summed E-state index contributed by atoms with van der Waals surface area (Å²) in [4.78, 5) is 6.97. The minimum Gasteiger partial charge on any atom is -0.495 e. The van der Waals surface area contributed by atoms with Crippen LogP contribution in [0.15, 0.2) is 27.7 Å². The third kappa shape index (κ3) is 6.07. The predicted octanol–water partition coefficient (Wildman–Crippen LogP) is 3.01. The molecule has 0 aromatic heterocycles. The molecule has 136 valence electrons. The first kappa shape index (κ1) is 21.5. The number of likely N-dealkylation sites (tertiary alicyclic amines) is 1. The molecule has 1 heterocycles. The summed E-state index contributed by atoms with van der Waals surface area (Å²) in [5.74, 6) is 1.41. The molecular weight excluding hydrogens is 483 g/mol. The number of nitrogens with one attached hydrogen (secondary N) is 1. The molecule has 0 spiro atoms. The lowest BCUT2D eigenvalue weighted by atomic mass is 10.1. The van der Waals surface area contributed by atoms with Crippen LogP contribution in [-0.2, 0) is 6.42 Å². The molecule has 7 heteroatoms. The maximum atomic E-state index is 5.98. The van der Waals surface area contributed by atoms with Crippen molar-refractivity contribution in [2.45, 2.75) is 32.2 Å². The summed E-state index contributed by atoms with van der Waals surface area (Å²) in [6, 6.07) is 6.60. The smallest absolute Gasteiger partial charge is 0.188 e. The van der Waals surface area contributed by atoms with Gasteiger partial charge in [-0.15, -0.1) is 24.0 Å². The van der Waals surface area contributed by atoms with Crippen LogP contribution in [0.4, 0.5) is 0 Å². The summed E-state index contributed by atoms with van der Waals surface area (Å²) in [5.41, 5.74) is 7.13. The second kappa shape index (κ2) is 11.1. The highest BCUT2D eigenvalue weighted by molar-refractivity contribution is 14.0. The summed E-state index contributed by atoms with van der Waals surface area (Å²) in [5, 5.41) is 3.20. The van der Waals surface area contributed by atoms with Crippen LogP contribution >= 0.6 is 39.9 Å². The fourth-order valence-corrected chi connectivity index (χ4v) is 3.65. The zero-order chi connectivity index (χ0) is 16.7. The van der Waals surface area contributed by atoms with Crippen molar-refractivity contribution >= 4 is 45.9 Å². The lowest BCUT2D eigenvalue weighted by Crippen LogP contribution is -2.36. The summed E-state index contributed by atoms with van der Waals surface area (Å²) < 4.78 is 6.40. The zero-order valence-electron chi connectivity index (χ0n) is 14.4. The molecule has 2 rings (SSSR count). The van der Waals surface area contributed by atoms with Crippen molar-refractivity contribution in [1.82, 2.24) is 10.2 Å². The van der Waals surface area contributed by atoms with Crippen molar-refractivity contribution in [3.63, 3.8) is 0 Å². The van der Waals surface area contributed by atoms with E-state index in [9.17, 15) is 0 Å². The van der Waals surface area contributed by atoms with E-state index in [0.717, 1.165) is 41.8 Å². The van der Waals surface area contributed by atoms with E-state index in [1.54, 1.807) is 7.11 Å². The lowest BCUT2D eigenvalue weighted by molar-refractivity contribution is 0.273. The molecule has 0 radical (unpaired) electrons. The number of hydrogen-bond acceptors (Lipinski definition) is 3. The topological polar surface area (TPSA) is 62.9 Å². The Kier molecular flexibility index (Phi) is 9.99. The van der Waals surface area contributed by atoms with E-state index in [4.69, 9.17) is 10.5 Å². The molecule has 3 N–H and O–H groups in total. The van der Waals surface area contributed by atoms with Crippen LogP contribution in [0.3, 0.4) is 0 Å². The summed E-state index contributed by atoms with van der Waals surface area (Å²) in [6.07, 6.45) is 3.33. The average molecular weight is 511 g/mol. The minimum atomic E-state index is 0. The first-order chi connectivity index (χ1) is 11.2. The van der Waals surface area contributed by atoms with Gasteiger partial charge in [0, 0.05) is 12.6 Å². The van der Waals surface area contributed by atoms with Crippen molar-refractivity contribution in [2.24, 2.45) is 10.7 Å². The number of hydrogen-bond donors (Lipinski definition) is 2. The van der Waals surface area contributed by atoms with Crippen molar-refractivity contribution in [1.29, 1.82) is 0 Å². The molecule has 1 aliphatic heterocycles. The molecule has 1 atom stereocenters. The number of para-hydroxylation sites is 1. The second-order valence-electron chi connectivity index (χ2n) is 5.76. The monoisotopic (exact) mass is 510 g/mol. The third-order valence-electron chi connectivity index (χ3n) is 4.33. The fraction of sp³-hybridized carbons (Fsp3) is 0.588. The number of nitrogens with zero attached hydrogens (tertiary/aromatic N) is 2. The molecule has 1 unspecified atom stereocenters. The summed E-state index contributed by atoms with van der Waals surface area (Å²) in [6.45, 7) is 6.01. The lowest BCUT2D eigenvalue weighted by Gasteiger charge is -2.21. The Balaban J connectivity index is 0.00000288. The Morgan fingerprint density at radius 2 is 2.29 bits per heavy atom. The number of ether oxygens (including phenoxy) is 1. The minimum absolute atomic E-state index is 0. The van der Waals surface area contributed by atoms with E-state index in [2.05, 4.69) is 44.1 Å². The molecule has 24 heavy (non-hydrogen) atoms. The predicted molar refractivity (Wildman–Crippen MR) is 115 cm³/mol. The zero-order valence-corrected chi connectivity index (χ0v) is 18.3. The normalized spacial score (nSPS) is 18.3. The van der Waals surface area contributed by atoms with Crippen LogP contribution in [0, 0.1) is 0 Å². The molecule has 5 nitrogen and oxygen atoms in total. The number of rotatable bonds is 7. The molecule has 1 aromatic carbocycles. The van der Waals surface area contributed by atoms with Gasteiger partial charge < -0.3 is 15.8 Å². The van der Waals surface area contributed by atoms with Gasteiger partial charge in [0.1, 0.15) is 5.75 Å². The van der Waals surface area contributed by atoms with E-state index in [1.807, 2.05) is 12.1 Å². The number of aliphatic imine (C=N–C) groups is 1. The van der Waals surface area contributed by atoms with Crippen LogP contribution in [0.5, 0.6) is 5.75 Å². The highest BCUT2D eigenvalue weighted by Crippen LogP contribution is 2.28. The third-order valence-corrected chi connectivity index (χ3v) is 4.96. The van der Waals surface area contributed by atoms with Crippen molar-refractivity contribution in [3.8, 4) is 5.75 Å². The van der Waals surface area contributed by atoms with Crippen molar-refractivity contribution < 1.29 is 4.74 Å². The number of halogens is 2. The average Bonchev–Trinajstić information content (AvgIpc) is 3.00.